The Labute approximate surface area is 151 Å². The lowest BCUT2D eigenvalue weighted by atomic mass is 10.2. The smallest absolute Gasteiger partial charge is 0.317 e. The van der Waals surface area contributed by atoms with Crippen molar-refractivity contribution in [3.8, 4) is 11.5 Å². The molecule has 0 aliphatic heterocycles. The molecule has 2 aromatic rings. The van der Waals surface area contributed by atoms with Gasteiger partial charge in [-0.1, -0.05) is 23.9 Å². The summed E-state index contributed by atoms with van der Waals surface area (Å²) in [5.41, 5.74) is 0.830. The summed E-state index contributed by atoms with van der Waals surface area (Å²) in [5.74, 6) is 0.0606. The van der Waals surface area contributed by atoms with E-state index in [1.165, 1.54) is 0 Å². The third-order valence-corrected chi connectivity index (χ3v) is 4.59. The number of ether oxygens (including phenoxy) is 3. The number of thioether (sulfide) groups is 1. The van der Waals surface area contributed by atoms with Crippen LogP contribution in [-0.4, -0.2) is 25.3 Å². The lowest BCUT2D eigenvalue weighted by Gasteiger charge is -2.11. The molecule has 25 heavy (non-hydrogen) atoms. The quantitative estimate of drug-likeness (QED) is 0.426. The van der Waals surface area contributed by atoms with Gasteiger partial charge in [0.25, 0.3) is 0 Å². The maximum absolute atomic E-state index is 12.2. The molecule has 0 N–H and O–H groups in total. The van der Waals surface area contributed by atoms with E-state index in [2.05, 4.69) is 0 Å². The zero-order valence-corrected chi connectivity index (χ0v) is 15.2. The van der Waals surface area contributed by atoms with Crippen LogP contribution in [0.5, 0.6) is 11.5 Å². The van der Waals surface area contributed by atoms with Gasteiger partial charge in [-0.2, -0.15) is 0 Å². The molecule has 0 saturated heterocycles. The third kappa shape index (κ3) is 5.53. The van der Waals surface area contributed by atoms with E-state index < -0.39 is 11.9 Å². The summed E-state index contributed by atoms with van der Waals surface area (Å²) in [7, 11) is 3.16. The first-order chi connectivity index (χ1) is 12.0. The Morgan fingerprint density at radius 1 is 0.920 bits per heavy atom. The van der Waals surface area contributed by atoms with E-state index in [-0.39, 0.29) is 11.7 Å². The predicted octanol–water partition coefficient (Wildman–Crippen LogP) is 3.70. The van der Waals surface area contributed by atoms with Crippen LogP contribution in [0.2, 0.25) is 0 Å². The van der Waals surface area contributed by atoms with Crippen molar-refractivity contribution in [2.45, 2.75) is 18.4 Å². The molecule has 0 aromatic heterocycles. The first kappa shape index (κ1) is 18.9. The fourth-order valence-electron chi connectivity index (χ4n) is 1.95. The van der Waals surface area contributed by atoms with E-state index in [0.717, 1.165) is 28.0 Å². The summed E-state index contributed by atoms with van der Waals surface area (Å²) < 4.78 is 15.4. The average Bonchev–Trinajstić information content (AvgIpc) is 2.66. The van der Waals surface area contributed by atoms with Crippen LogP contribution in [0.25, 0.3) is 0 Å². The van der Waals surface area contributed by atoms with Gasteiger partial charge in [0.15, 0.2) is 0 Å². The molecular weight excluding hydrogens is 340 g/mol. The van der Waals surface area contributed by atoms with Crippen LogP contribution in [0.1, 0.15) is 12.5 Å². The van der Waals surface area contributed by atoms with Crippen molar-refractivity contribution in [3.63, 3.8) is 0 Å². The molecular formula is C19H20O5S. The van der Waals surface area contributed by atoms with Gasteiger partial charge in [0.2, 0.25) is 5.12 Å². The fourth-order valence-corrected chi connectivity index (χ4v) is 2.72. The molecule has 0 amide bonds. The Bertz CT molecular complexity index is 710. The monoisotopic (exact) mass is 360 g/mol. The number of benzene rings is 2. The first-order valence-electron chi connectivity index (χ1n) is 7.69. The van der Waals surface area contributed by atoms with Gasteiger partial charge >= 0.3 is 5.97 Å². The number of methoxy groups -OCH3 is 2. The standard InChI is InChI=1S/C19H20O5S/c1-13(19(21)25-17-10-8-16(23-3)9-11-17)18(20)24-12-14-4-6-15(22-2)7-5-14/h4-11,13H,12H2,1-3H3. The van der Waals surface area contributed by atoms with E-state index in [9.17, 15) is 9.59 Å². The second kappa shape index (κ2) is 9.13. The molecule has 1 unspecified atom stereocenters. The first-order valence-corrected chi connectivity index (χ1v) is 8.50. The minimum absolute atomic E-state index is 0.119. The second-order valence-corrected chi connectivity index (χ2v) is 6.35. The minimum atomic E-state index is -0.842. The second-order valence-electron chi connectivity index (χ2n) is 5.27. The summed E-state index contributed by atoms with van der Waals surface area (Å²) in [4.78, 5) is 25.0. The normalized spacial score (nSPS) is 11.5. The Hall–Kier alpha value is -2.47. The van der Waals surface area contributed by atoms with Gasteiger partial charge in [-0.25, -0.2) is 0 Å². The van der Waals surface area contributed by atoms with Gasteiger partial charge in [-0.15, -0.1) is 0 Å². The van der Waals surface area contributed by atoms with Crippen molar-refractivity contribution in [1.29, 1.82) is 0 Å². The number of rotatable bonds is 7. The van der Waals surface area contributed by atoms with Crippen LogP contribution in [0.4, 0.5) is 0 Å². The van der Waals surface area contributed by atoms with Crippen molar-refractivity contribution in [1.82, 2.24) is 0 Å². The SMILES string of the molecule is COc1ccc(COC(=O)C(C)C(=O)Sc2ccc(OC)cc2)cc1. The molecule has 132 valence electrons. The summed E-state index contributed by atoms with van der Waals surface area (Å²) in [6.45, 7) is 1.67. The highest BCUT2D eigenvalue weighted by Gasteiger charge is 2.24. The maximum atomic E-state index is 12.2. The molecule has 0 aliphatic rings. The predicted molar refractivity (Wildman–Crippen MR) is 95.8 cm³/mol. The minimum Gasteiger partial charge on any atom is -0.497 e. The summed E-state index contributed by atoms with van der Waals surface area (Å²) in [5, 5.41) is -0.259. The van der Waals surface area contributed by atoms with E-state index >= 15 is 0 Å². The molecule has 0 heterocycles. The zero-order valence-electron chi connectivity index (χ0n) is 14.4. The lowest BCUT2D eigenvalue weighted by molar-refractivity contribution is -0.150. The van der Waals surface area contributed by atoms with Crippen molar-refractivity contribution in [2.24, 2.45) is 5.92 Å². The lowest BCUT2D eigenvalue weighted by Crippen LogP contribution is -2.21. The molecule has 0 aliphatic carbocycles. The number of hydrogen-bond acceptors (Lipinski definition) is 6. The molecule has 0 fully saturated rings. The molecule has 2 rings (SSSR count). The molecule has 0 saturated carbocycles. The largest absolute Gasteiger partial charge is 0.497 e. The van der Waals surface area contributed by atoms with E-state index in [1.54, 1.807) is 57.5 Å². The zero-order chi connectivity index (χ0) is 18.2. The number of carbonyl (C=O) groups excluding carboxylic acids is 2. The maximum Gasteiger partial charge on any atom is 0.317 e. The van der Waals surface area contributed by atoms with Crippen molar-refractivity contribution >= 4 is 22.8 Å². The average molecular weight is 360 g/mol. The Kier molecular flexibility index (Phi) is 6.89. The van der Waals surface area contributed by atoms with Crippen LogP contribution in [0.15, 0.2) is 53.4 Å². The summed E-state index contributed by atoms with van der Waals surface area (Å²) in [6, 6.07) is 14.3. The fraction of sp³-hybridized carbons (Fsp3) is 0.263. The van der Waals surface area contributed by atoms with Gasteiger partial charge in [-0.3, -0.25) is 9.59 Å². The van der Waals surface area contributed by atoms with Crippen LogP contribution < -0.4 is 9.47 Å². The number of esters is 1. The topological polar surface area (TPSA) is 61.8 Å². The molecule has 0 bridgehead atoms. The van der Waals surface area contributed by atoms with Crippen LogP contribution in [0.3, 0.4) is 0 Å². The van der Waals surface area contributed by atoms with E-state index in [1.807, 2.05) is 12.1 Å². The Balaban J connectivity index is 1.85. The van der Waals surface area contributed by atoms with Gasteiger partial charge < -0.3 is 14.2 Å². The molecule has 0 spiro atoms. The van der Waals surface area contributed by atoms with Gasteiger partial charge in [0.1, 0.15) is 24.0 Å². The van der Waals surface area contributed by atoms with Crippen molar-refractivity contribution < 1.29 is 23.8 Å². The molecule has 0 radical (unpaired) electrons. The third-order valence-electron chi connectivity index (χ3n) is 3.53. The van der Waals surface area contributed by atoms with Crippen molar-refractivity contribution in [2.75, 3.05) is 14.2 Å². The Morgan fingerprint density at radius 2 is 1.44 bits per heavy atom. The van der Waals surface area contributed by atoms with Crippen LogP contribution in [0, 0.1) is 5.92 Å². The molecule has 5 nitrogen and oxygen atoms in total. The Morgan fingerprint density at radius 3 is 1.96 bits per heavy atom. The summed E-state index contributed by atoms with van der Waals surface area (Å²) >= 11 is 1.01. The highest BCUT2D eigenvalue weighted by molar-refractivity contribution is 8.13. The van der Waals surface area contributed by atoms with Crippen LogP contribution in [-0.2, 0) is 20.9 Å². The molecule has 6 heteroatoms. The van der Waals surface area contributed by atoms with Gasteiger partial charge in [0.05, 0.1) is 14.2 Å². The van der Waals surface area contributed by atoms with Crippen molar-refractivity contribution in [3.05, 3.63) is 54.1 Å². The number of carbonyl (C=O) groups is 2. The van der Waals surface area contributed by atoms with Gasteiger partial charge in [0, 0.05) is 4.90 Å². The number of hydrogen-bond donors (Lipinski definition) is 0. The highest BCUT2D eigenvalue weighted by atomic mass is 32.2. The molecule has 2 aromatic carbocycles. The van der Waals surface area contributed by atoms with E-state index in [0.29, 0.717) is 5.75 Å². The van der Waals surface area contributed by atoms with E-state index in [4.69, 9.17) is 14.2 Å². The molecule has 1 atom stereocenters. The van der Waals surface area contributed by atoms with Gasteiger partial charge in [-0.05, 0) is 48.9 Å². The summed E-state index contributed by atoms with van der Waals surface area (Å²) in [6.07, 6.45) is 0. The van der Waals surface area contributed by atoms with Crippen LogP contribution >= 0.6 is 11.8 Å². The highest BCUT2D eigenvalue weighted by Crippen LogP contribution is 2.25.